The second kappa shape index (κ2) is 5.99. The SMILES string of the molecule is O=C(Nn1c(C(F)(F)F)nc2ccccc21)c1c(Cl)cccc1Cl. The lowest BCUT2D eigenvalue weighted by molar-refractivity contribution is -0.146. The van der Waals surface area contributed by atoms with Crippen LogP contribution in [0.4, 0.5) is 13.2 Å². The third-order valence-corrected chi connectivity index (χ3v) is 3.85. The van der Waals surface area contributed by atoms with E-state index in [9.17, 15) is 18.0 Å². The normalized spacial score (nSPS) is 11.7. The zero-order valence-electron chi connectivity index (χ0n) is 11.7. The number of nitrogens with one attached hydrogen (secondary N) is 1. The summed E-state index contributed by atoms with van der Waals surface area (Å²) in [5.41, 5.74) is 2.24. The number of imidazole rings is 1. The van der Waals surface area contributed by atoms with Crippen molar-refractivity contribution in [2.24, 2.45) is 0 Å². The number of para-hydroxylation sites is 2. The average molecular weight is 374 g/mol. The Kier molecular flexibility index (Phi) is 4.15. The summed E-state index contributed by atoms with van der Waals surface area (Å²) >= 11 is 11.8. The Morgan fingerprint density at radius 2 is 1.67 bits per heavy atom. The van der Waals surface area contributed by atoms with E-state index in [1.807, 2.05) is 0 Å². The van der Waals surface area contributed by atoms with Crippen LogP contribution in [0.3, 0.4) is 0 Å². The van der Waals surface area contributed by atoms with Gasteiger partial charge >= 0.3 is 6.18 Å². The van der Waals surface area contributed by atoms with Crippen molar-refractivity contribution < 1.29 is 18.0 Å². The van der Waals surface area contributed by atoms with Gasteiger partial charge in [0.1, 0.15) is 0 Å². The van der Waals surface area contributed by atoms with Crippen molar-refractivity contribution in [3.8, 4) is 0 Å². The molecule has 0 bridgehead atoms. The summed E-state index contributed by atoms with van der Waals surface area (Å²) < 4.78 is 40.2. The number of halogens is 5. The molecule has 1 heterocycles. The first-order valence-corrected chi connectivity index (χ1v) is 7.34. The molecule has 0 radical (unpaired) electrons. The predicted octanol–water partition coefficient (Wildman–Crippen LogP) is 4.75. The number of fused-ring (bicyclic) bond motifs is 1. The minimum Gasteiger partial charge on any atom is -0.267 e. The fraction of sp³-hybridized carbons (Fsp3) is 0.0667. The van der Waals surface area contributed by atoms with E-state index in [4.69, 9.17) is 23.2 Å². The van der Waals surface area contributed by atoms with E-state index in [1.54, 1.807) is 6.07 Å². The maximum Gasteiger partial charge on any atom is 0.451 e. The number of alkyl halides is 3. The zero-order chi connectivity index (χ0) is 17.5. The fourth-order valence-corrected chi connectivity index (χ4v) is 2.77. The van der Waals surface area contributed by atoms with Gasteiger partial charge in [-0.1, -0.05) is 41.4 Å². The Bertz CT molecular complexity index is 917. The van der Waals surface area contributed by atoms with Gasteiger partial charge in [0.05, 0.1) is 26.6 Å². The summed E-state index contributed by atoms with van der Waals surface area (Å²) in [6.45, 7) is 0. The minimum atomic E-state index is -4.75. The van der Waals surface area contributed by atoms with Crippen LogP contribution in [0, 0.1) is 0 Å². The molecule has 124 valence electrons. The van der Waals surface area contributed by atoms with Gasteiger partial charge in [0.25, 0.3) is 5.91 Å². The molecule has 0 aliphatic heterocycles. The van der Waals surface area contributed by atoms with E-state index >= 15 is 0 Å². The van der Waals surface area contributed by atoms with Gasteiger partial charge in [0.2, 0.25) is 5.82 Å². The van der Waals surface area contributed by atoms with Crippen molar-refractivity contribution >= 4 is 40.1 Å². The van der Waals surface area contributed by atoms with Gasteiger partial charge in [-0.2, -0.15) is 13.2 Å². The Balaban J connectivity index is 2.11. The molecule has 0 unspecified atom stereocenters. The highest BCUT2D eigenvalue weighted by Crippen LogP contribution is 2.31. The number of carbonyl (C=O) groups excluding carboxylic acids is 1. The highest BCUT2D eigenvalue weighted by Gasteiger charge is 2.38. The molecule has 0 spiro atoms. The Morgan fingerprint density at radius 1 is 1.04 bits per heavy atom. The van der Waals surface area contributed by atoms with Crippen LogP contribution < -0.4 is 5.43 Å². The molecular formula is C15H8Cl2F3N3O. The summed E-state index contributed by atoms with van der Waals surface area (Å²) in [7, 11) is 0. The highest BCUT2D eigenvalue weighted by molar-refractivity contribution is 6.40. The molecule has 0 saturated carbocycles. The second-order valence-corrected chi connectivity index (χ2v) is 5.61. The Labute approximate surface area is 143 Å². The lowest BCUT2D eigenvalue weighted by atomic mass is 10.2. The van der Waals surface area contributed by atoms with Crippen LogP contribution in [0.2, 0.25) is 10.0 Å². The molecule has 3 rings (SSSR count). The van der Waals surface area contributed by atoms with Crippen LogP contribution in [0.15, 0.2) is 42.5 Å². The average Bonchev–Trinajstić information content (AvgIpc) is 2.86. The molecule has 1 amide bonds. The smallest absolute Gasteiger partial charge is 0.267 e. The molecule has 1 aromatic heterocycles. The van der Waals surface area contributed by atoms with E-state index < -0.39 is 17.9 Å². The molecule has 2 aromatic carbocycles. The first kappa shape index (κ1) is 16.6. The Hall–Kier alpha value is -2.25. The first-order valence-electron chi connectivity index (χ1n) is 6.59. The number of hydrogen-bond acceptors (Lipinski definition) is 2. The monoisotopic (exact) mass is 373 g/mol. The quantitative estimate of drug-likeness (QED) is 0.704. The van der Waals surface area contributed by atoms with Crippen molar-refractivity contribution in [1.82, 2.24) is 9.66 Å². The van der Waals surface area contributed by atoms with Gasteiger partial charge < -0.3 is 0 Å². The van der Waals surface area contributed by atoms with Gasteiger partial charge in [0, 0.05) is 0 Å². The maximum absolute atomic E-state index is 13.2. The molecular weight excluding hydrogens is 366 g/mol. The maximum atomic E-state index is 13.2. The van der Waals surface area contributed by atoms with Gasteiger partial charge in [-0.25, -0.2) is 9.66 Å². The third-order valence-electron chi connectivity index (χ3n) is 3.22. The molecule has 4 nitrogen and oxygen atoms in total. The molecule has 9 heteroatoms. The second-order valence-electron chi connectivity index (χ2n) is 4.79. The summed E-state index contributed by atoms with van der Waals surface area (Å²) in [4.78, 5) is 15.9. The van der Waals surface area contributed by atoms with E-state index in [0.717, 1.165) is 0 Å². The van der Waals surface area contributed by atoms with Crippen molar-refractivity contribution in [3.05, 3.63) is 63.9 Å². The molecule has 1 N–H and O–H groups in total. The van der Waals surface area contributed by atoms with Crippen LogP contribution in [0.1, 0.15) is 16.2 Å². The van der Waals surface area contributed by atoms with Crippen LogP contribution in [-0.2, 0) is 6.18 Å². The summed E-state index contributed by atoms with van der Waals surface area (Å²) in [5.74, 6) is -2.13. The van der Waals surface area contributed by atoms with E-state index in [1.165, 1.54) is 36.4 Å². The molecule has 0 aliphatic carbocycles. The summed E-state index contributed by atoms with van der Waals surface area (Å²) in [6.07, 6.45) is -4.75. The van der Waals surface area contributed by atoms with Crippen molar-refractivity contribution in [1.29, 1.82) is 0 Å². The Morgan fingerprint density at radius 3 is 2.29 bits per heavy atom. The van der Waals surface area contributed by atoms with Crippen LogP contribution in [0.5, 0.6) is 0 Å². The van der Waals surface area contributed by atoms with Gasteiger partial charge in [-0.05, 0) is 24.3 Å². The predicted molar refractivity (Wildman–Crippen MR) is 84.9 cm³/mol. The van der Waals surface area contributed by atoms with Crippen molar-refractivity contribution in [3.63, 3.8) is 0 Å². The fourth-order valence-electron chi connectivity index (χ4n) is 2.20. The largest absolute Gasteiger partial charge is 0.451 e. The molecule has 0 aliphatic rings. The minimum absolute atomic E-state index is 0.0259. The number of nitrogens with zero attached hydrogens (tertiary/aromatic N) is 2. The lowest BCUT2D eigenvalue weighted by Crippen LogP contribution is -2.28. The lowest BCUT2D eigenvalue weighted by Gasteiger charge is -2.13. The number of amides is 1. The molecule has 0 saturated heterocycles. The topological polar surface area (TPSA) is 46.9 Å². The van der Waals surface area contributed by atoms with Crippen LogP contribution in [0.25, 0.3) is 11.0 Å². The van der Waals surface area contributed by atoms with E-state index in [-0.39, 0.29) is 26.6 Å². The molecule has 3 aromatic rings. The van der Waals surface area contributed by atoms with Gasteiger partial charge in [-0.3, -0.25) is 10.2 Å². The number of aromatic nitrogens is 2. The summed E-state index contributed by atoms with van der Waals surface area (Å²) in [5, 5.41) is 0.0518. The van der Waals surface area contributed by atoms with Gasteiger partial charge in [0.15, 0.2) is 0 Å². The van der Waals surface area contributed by atoms with Crippen LogP contribution in [-0.4, -0.2) is 15.6 Å². The van der Waals surface area contributed by atoms with Crippen molar-refractivity contribution in [2.75, 3.05) is 5.43 Å². The van der Waals surface area contributed by atoms with Crippen molar-refractivity contribution in [2.45, 2.75) is 6.18 Å². The standard InChI is InChI=1S/C15H8Cl2F3N3O/c16-8-4-3-5-9(17)12(8)13(24)22-23-11-7-2-1-6-10(11)21-14(23)15(18,19)20/h1-7H,(H,22,24). The number of hydrogen-bond donors (Lipinski definition) is 1. The number of carbonyl (C=O) groups is 1. The molecule has 0 fully saturated rings. The first-order chi connectivity index (χ1) is 11.3. The summed E-state index contributed by atoms with van der Waals surface area (Å²) in [6, 6.07) is 10.3. The zero-order valence-corrected chi connectivity index (χ0v) is 13.2. The van der Waals surface area contributed by atoms with E-state index in [2.05, 4.69) is 10.4 Å². The third kappa shape index (κ3) is 2.92. The number of benzene rings is 2. The molecule has 0 atom stereocenters. The van der Waals surface area contributed by atoms with E-state index in [0.29, 0.717) is 4.68 Å². The molecule has 24 heavy (non-hydrogen) atoms. The van der Waals surface area contributed by atoms with Gasteiger partial charge in [-0.15, -0.1) is 0 Å². The number of rotatable bonds is 2. The van der Waals surface area contributed by atoms with Crippen LogP contribution >= 0.6 is 23.2 Å². The highest BCUT2D eigenvalue weighted by atomic mass is 35.5.